The first-order valence-corrected chi connectivity index (χ1v) is 7.67. The molecule has 1 atom stereocenters. The normalized spacial score (nSPS) is 11.8. The van der Waals surface area contributed by atoms with Crippen LogP contribution in [0.15, 0.2) is 36.4 Å². The standard InChI is InChI=1S/C18H26O3/c1-5-7-12-20-18(19)14(3)13-16-8-10-17(11-9-16)21-15(4)6-2/h8-11,15H,3,5-7,12-13H2,1-2,4H3. The molecule has 0 N–H and O–H groups in total. The molecular formula is C18H26O3. The van der Waals surface area contributed by atoms with Gasteiger partial charge in [-0.3, -0.25) is 0 Å². The van der Waals surface area contributed by atoms with Crippen molar-refractivity contribution in [1.29, 1.82) is 0 Å². The molecule has 1 aromatic rings. The molecule has 0 bridgehead atoms. The minimum absolute atomic E-state index is 0.208. The second-order valence-electron chi connectivity index (χ2n) is 5.25. The number of carbonyl (C=O) groups is 1. The summed E-state index contributed by atoms with van der Waals surface area (Å²) in [6, 6.07) is 7.78. The fourth-order valence-electron chi connectivity index (χ4n) is 1.73. The van der Waals surface area contributed by atoms with Crippen molar-refractivity contribution < 1.29 is 14.3 Å². The van der Waals surface area contributed by atoms with E-state index < -0.39 is 0 Å². The van der Waals surface area contributed by atoms with Crippen LogP contribution in [-0.2, 0) is 16.0 Å². The van der Waals surface area contributed by atoms with Crippen LogP contribution in [0.4, 0.5) is 0 Å². The van der Waals surface area contributed by atoms with Crippen molar-refractivity contribution in [3.8, 4) is 5.75 Å². The Labute approximate surface area is 128 Å². The lowest BCUT2D eigenvalue weighted by molar-refractivity contribution is -0.139. The predicted molar refractivity (Wildman–Crippen MR) is 85.5 cm³/mol. The molecule has 1 aromatic carbocycles. The summed E-state index contributed by atoms with van der Waals surface area (Å²) in [6.07, 6.45) is 3.59. The second-order valence-corrected chi connectivity index (χ2v) is 5.25. The zero-order chi connectivity index (χ0) is 15.7. The Kier molecular flexibility index (Phi) is 7.59. The molecule has 0 aromatic heterocycles. The summed E-state index contributed by atoms with van der Waals surface area (Å²) in [5.74, 6) is 0.549. The van der Waals surface area contributed by atoms with Crippen molar-refractivity contribution in [2.24, 2.45) is 0 Å². The summed E-state index contributed by atoms with van der Waals surface area (Å²) in [6.45, 7) is 10.5. The molecular weight excluding hydrogens is 264 g/mol. The molecule has 0 saturated heterocycles. The molecule has 0 heterocycles. The number of esters is 1. The van der Waals surface area contributed by atoms with Crippen LogP contribution in [-0.4, -0.2) is 18.7 Å². The number of hydrogen-bond acceptors (Lipinski definition) is 3. The Hall–Kier alpha value is -1.77. The van der Waals surface area contributed by atoms with E-state index >= 15 is 0 Å². The van der Waals surface area contributed by atoms with Crippen molar-refractivity contribution in [3.63, 3.8) is 0 Å². The molecule has 3 heteroatoms. The summed E-state index contributed by atoms with van der Waals surface area (Å²) >= 11 is 0. The maximum absolute atomic E-state index is 11.7. The highest BCUT2D eigenvalue weighted by atomic mass is 16.5. The number of unbranched alkanes of at least 4 members (excludes halogenated alkanes) is 1. The molecule has 0 aliphatic heterocycles. The summed E-state index contributed by atoms with van der Waals surface area (Å²) in [5, 5.41) is 0. The molecule has 0 fully saturated rings. The predicted octanol–water partition coefficient (Wildman–Crippen LogP) is 4.31. The number of rotatable bonds is 9. The Morgan fingerprint density at radius 2 is 1.90 bits per heavy atom. The van der Waals surface area contributed by atoms with Gasteiger partial charge < -0.3 is 9.47 Å². The zero-order valence-corrected chi connectivity index (χ0v) is 13.4. The number of carbonyl (C=O) groups excluding carboxylic acids is 1. The quantitative estimate of drug-likeness (QED) is 0.386. The van der Waals surface area contributed by atoms with Crippen molar-refractivity contribution >= 4 is 5.97 Å². The average molecular weight is 290 g/mol. The molecule has 0 saturated carbocycles. The van der Waals surface area contributed by atoms with E-state index in [4.69, 9.17) is 9.47 Å². The first-order valence-electron chi connectivity index (χ1n) is 7.67. The van der Waals surface area contributed by atoms with Gasteiger partial charge in [0.2, 0.25) is 0 Å². The topological polar surface area (TPSA) is 35.5 Å². The first-order chi connectivity index (χ1) is 10.1. The maximum Gasteiger partial charge on any atom is 0.333 e. The Morgan fingerprint density at radius 1 is 1.24 bits per heavy atom. The van der Waals surface area contributed by atoms with E-state index in [1.54, 1.807) is 0 Å². The van der Waals surface area contributed by atoms with Crippen molar-refractivity contribution in [1.82, 2.24) is 0 Å². The Bertz CT molecular complexity index is 448. The van der Waals surface area contributed by atoms with Crippen LogP contribution in [0.2, 0.25) is 0 Å². The van der Waals surface area contributed by atoms with Gasteiger partial charge in [0.15, 0.2) is 0 Å². The molecule has 0 radical (unpaired) electrons. The van der Waals surface area contributed by atoms with Gasteiger partial charge in [-0.1, -0.05) is 39.0 Å². The largest absolute Gasteiger partial charge is 0.491 e. The van der Waals surface area contributed by atoms with Crippen LogP contribution in [0.1, 0.15) is 45.6 Å². The first kappa shape index (κ1) is 17.3. The van der Waals surface area contributed by atoms with E-state index in [1.807, 2.05) is 31.2 Å². The van der Waals surface area contributed by atoms with Gasteiger partial charge in [-0.25, -0.2) is 4.79 Å². The molecule has 0 amide bonds. The zero-order valence-electron chi connectivity index (χ0n) is 13.4. The summed E-state index contributed by atoms with van der Waals surface area (Å²) in [5.41, 5.74) is 1.52. The Morgan fingerprint density at radius 3 is 2.48 bits per heavy atom. The van der Waals surface area contributed by atoms with E-state index in [-0.39, 0.29) is 12.1 Å². The average Bonchev–Trinajstić information content (AvgIpc) is 2.49. The molecule has 0 aliphatic rings. The molecule has 21 heavy (non-hydrogen) atoms. The smallest absolute Gasteiger partial charge is 0.333 e. The van der Waals surface area contributed by atoms with E-state index in [0.717, 1.165) is 30.6 Å². The molecule has 1 unspecified atom stereocenters. The van der Waals surface area contributed by atoms with Gasteiger partial charge in [0.25, 0.3) is 0 Å². The summed E-state index contributed by atoms with van der Waals surface area (Å²) < 4.78 is 10.9. The van der Waals surface area contributed by atoms with Crippen LogP contribution in [0.5, 0.6) is 5.75 Å². The summed E-state index contributed by atoms with van der Waals surface area (Å²) in [4.78, 5) is 11.7. The molecule has 0 spiro atoms. The second kappa shape index (κ2) is 9.22. The Balaban J connectivity index is 2.47. The highest BCUT2D eigenvalue weighted by Crippen LogP contribution is 2.17. The van der Waals surface area contributed by atoms with Gasteiger partial charge in [-0.2, -0.15) is 0 Å². The van der Waals surface area contributed by atoms with Crippen LogP contribution >= 0.6 is 0 Å². The fourth-order valence-corrected chi connectivity index (χ4v) is 1.73. The van der Waals surface area contributed by atoms with Crippen molar-refractivity contribution in [2.45, 2.75) is 52.6 Å². The minimum Gasteiger partial charge on any atom is -0.491 e. The van der Waals surface area contributed by atoms with E-state index in [2.05, 4.69) is 20.4 Å². The third-order valence-electron chi connectivity index (χ3n) is 3.27. The van der Waals surface area contributed by atoms with Gasteiger partial charge in [0.1, 0.15) is 5.75 Å². The highest BCUT2D eigenvalue weighted by molar-refractivity contribution is 5.88. The molecule has 116 valence electrons. The number of ether oxygens (including phenoxy) is 2. The molecule has 0 aliphatic carbocycles. The van der Waals surface area contributed by atoms with Crippen LogP contribution in [0.3, 0.4) is 0 Å². The molecule has 1 rings (SSSR count). The highest BCUT2D eigenvalue weighted by Gasteiger charge is 2.09. The SMILES string of the molecule is C=C(Cc1ccc(OC(C)CC)cc1)C(=O)OCCCC. The lowest BCUT2D eigenvalue weighted by atomic mass is 10.1. The van der Waals surface area contributed by atoms with Gasteiger partial charge in [0.05, 0.1) is 12.7 Å². The van der Waals surface area contributed by atoms with E-state index in [9.17, 15) is 4.79 Å². The minimum atomic E-state index is -0.302. The van der Waals surface area contributed by atoms with Crippen molar-refractivity contribution in [3.05, 3.63) is 42.0 Å². The van der Waals surface area contributed by atoms with Gasteiger partial charge >= 0.3 is 5.97 Å². The maximum atomic E-state index is 11.7. The van der Waals surface area contributed by atoms with E-state index in [1.165, 1.54) is 0 Å². The molecule has 3 nitrogen and oxygen atoms in total. The third-order valence-corrected chi connectivity index (χ3v) is 3.27. The van der Waals surface area contributed by atoms with Crippen LogP contribution in [0, 0.1) is 0 Å². The van der Waals surface area contributed by atoms with E-state index in [0.29, 0.717) is 18.6 Å². The lowest BCUT2D eigenvalue weighted by Gasteiger charge is -2.13. The van der Waals surface area contributed by atoms with Crippen LogP contribution < -0.4 is 4.74 Å². The lowest BCUT2D eigenvalue weighted by Crippen LogP contribution is -2.10. The number of hydrogen-bond donors (Lipinski definition) is 0. The van der Waals surface area contributed by atoms with Gasteiger partial charge in [-0.15, -0.1) is 0 Å². The van der Waals surface area contributed by atoms with Gasteiger partial charge in [-0.05, 0) is 37.5 Å². The van der Waals surface area contributed by atoms with Crippen molar-refractivity contribution in [2.75, 3.05) is 6.61 Å². The van der Waals surface area contributed by atoms with Crippen LogP contribution in [0.25, 0.3) is 0 Å². The summed E-state index contributed by atoms with van der Waals surface area (Å²) in [7, 11) is 0. The fraction of sp³-hybridized carbons (Fsp3) is 0.500. The number of benzene rings is 1. The monoisotopic (exact) mass is 290 g/mol. The van der Waals surface area contributed by atoms with Gasteiger partial charge in [0, 0.05) is 12.0 Å². The third kappa shape index (κ3) is 6.48.